The standard InChI is InChI=1S/C17H15ClF4N4O4S.C12H8ClF4N3O2.C5H7NO2S/c1-3-30-14(28)7-23-15(31)24-10-5-11(9(19)4-8(10)18)26-13(27)6-12(17(20,21)22)25(2)16(26)29;1-19-9(12(15,16)17)4-10(21)20(11(19)22)8-3-7(18)5(13)2-6(8)14;1-2-8-5(7)3-6-4-9/h4-6H,3,7H2,1-2H3,(H2,23,24,31);2-4H,18H2,1H3;2-3H2,1H3. The number of aliphatic imine (C=N–C) groups is 1. The number of isothiocyanates is 1. The molecule has 62 heavy (non-hydrogen) atoms. The molecular weight excluding hydrogens is 935 g/mol. The SMILES string of the molecule is CCOC(=O)CN=C=S.CCOC(=O)CNC(=S)Nc1cc(-n2c(=O)cc(C(F)(F)F)n(C)c2=O)c(F)cc1Cl.Cn1c(C(F)(F)F)cc(=O)n(-c2cc(N)c(Cl)cc2F)c1=O. The van der Waals surface area contributed by atoms with E-state index in [0.29, 0.717) is 6.61 Å². The van der Waals surface area contributed by atoms with Crippen LogP contribution in [0.25, 0.3) is 11.4 Å². The number of rotatable bonds is 9. The number of anilines is 2. The molecule has 28 heteroatoms. The van der Waals surface area contributed by atoms with E-state index in [1.807, 2.05) is 0 Å². The summed E-state index contributed by atoms with van der Waals surface area (Å²) >= 11 is 20.7. The average molecular weight is 966 g/mol. The van der Waals surface area contributed by atoms with Gasteiger partial charge in [0.1, 0.15) is 36.1 Å². The Bertz CT molecular complexity index is 2650. The minimum Gasteiger partial charge on any atom is -0.465 e. The largest absolute Gasteiger partial charge is 0.465 e. The number of thiocarbonyl (C=S) groups is 2. The first kappa shape index (κ1) is 52.2. The molecule has 4 rings (SSSR count). The van der Waals surface area contributed by atoms with Crippen LogP contribution in [0.3, 0.4) is 0 Å². The van der Waals surface area contributed by atoms with Crippen molar-refractivity contribution < 1.29 is 54.2 Å². The Morgan fingerprint density at radius 3 is 1.65 bits per heavy atom. The second-order valence-electron chi connectivity index (χ2n) is 11.5. The first-order valence-electron chi connectivity index (χ1n) is 16.7. The van der Waals surface area contributed by atoms with Crippen LogP contribution in [0.4, 0.5) is 46.5 Å². The minimum atomic E-state index is -4.96. The molecule has 2 heterocycles. The maximum Gasteiger partial charge on any atom is 0.431 e. The van der Waals surface area contributed by atoms with Crippen molar-refractivity contribution in [2.75, 3.05) is 37.4 Å². The zero-order valence-corrected chi connectivity index (χ0v) is 35.1. The maximum absolute atomic E-state index is 14.5. The molecule has 0 saturated heterocycles. The van der Waals surface area contributed by atoms with E-state index in [1.54, 1.807) is 13.8 Å². The average Bonchev–Trinajstić information content (AvgIpc) is 3.16. The van der Waals surface area contributed by atoms with Crippen LogP contribution in [-0.4, -0.2) is 66.8 Å². The van der Waals surface area contributed by atoms with Gasteiger partial charge in [-0.1, -0.05) is 23.2 Å². The zero-order valence-electron chi connectivity index (χ0n) is 32.0. The molecule has 4 aromatic rings. The van der Waals surface area contributed by atoms with Crippen LogP contribution < -0.4 is 38.9 Å². The van der Waals surface area contributed by atoms with Crippen LogP contribution in [0, 0.1) is 11.6 Å². The highest BCUT2D eigenvalue weighted by Gasteiger charge is 2.36. The van der Waals surface area contributed by atoms with E-state index in [2.05, 4.69) is 37.7 Å². The van der Waals surface area contributed by atoms with Crippen LogP contribution in [0.5, 0.6) is 0 Å². The molecule has 0 amide bonds. The summed E-state index contributed by atoms with van der Waals surface area (Å²) in [7, 11) is 1.61. The Hall–Kier alpha value is -5.95. The summed E-state index contributed by atoms with van der Waals surface area (Å²) in [6.07, 6.45) is -9.86. The van der Waals surface area contributed by atoms with Gasteiger partial charge in [0.05, 0.1) is 51.2 Å². The van der Waals surface area contributed by atoms with Crippen molar-refractivity contribution in [1.29, 1.82) is 0 Å². The van der Waals surface area contributed by atoms with E-state index >= 15 is 0 Å². The summed E-state index contributed by atoms with van der Waals surface area (Å²) < 4.78 is 116. The van der Waals surface area contributed by atoms with Crippen LogP contribution in [0.1, 0.15) is 25.2 Å². The van der Waals surface area contributed by atoms with E-state index in [-0.39, 0.29) is 82.6 Å². The van der Waals surface area contributed by atoms with Gasteiger partial charge in [0.15, 0.2) is 5.11 Å². The number of aromatic nitrogens is 4. The van der Waals surface area contributed by atoms with E-state index < -0.39 is 75.2 Å². The smallest absolute Gasteiger partial charge is 0.431 e. The number of esters is 2. The first-order chi connectivity index (χ1) is 28.7. The van der Waals surface area contributed by atoms with Gasteiger partial charge < -0.3 is 25.8 Å². The van der Waals surface area contributed by atoms with E-state index in [4.69, 9.17) is 45.9 Å². The third-order valence-electron chi connectivity index (χ3n) is 7.33. The molecule has 2 aromatic carbocycles. The molecule has 0 spiro atoms. The van der Waals surface area contributed by atoms with Crippen LogP contribution in [0.15, 0.2) is 60.6 Å². The topological polar surface area (TPSA) is 203 Å². The molecule has 0 unspecified atom stereocenters. The lowest BCUT2D eigenvalue weighted by atomic mass is 10.2. The maximum atomic E-state index is 14.5. The predicted octanol–water partition coefficient (Wildman–Crippen LogP) is 4.78. The Labute approximate surface area is 363 Å². The predicted molar refractivity (Wildman–Crippen MR) is 216 cm³/mol. The molecule has 0 aliphatic carbocycles. The number of halogens is 10. The van der Waals surface area contributed by atoms with Gasteiger partial charge in [0, 0.05) is 26.2 Å². The summed E-state index contributed by atoms with van der Waals surface area (Å²) in [5.74, 6) is -3.18. The van der Waals surface area contributed by atoms with E-state index in [0.717, 1.165) is 38.4 Å². The van der Waals surface area contributed by atoms with Crippen molar-refractivity contribution >= 4 is 81.2 Å². The van der Waals surface area contributed by atoms with Gasteiger partial charge in [0.2, 0.25) is 0 Å². The van der Waals surface area contributed by atoms with Gasteiger partial charge >= 0.3 is 35.7 Å². The normalized spacial score (nSPS) is 10.9. The van der Waals surface area contributed by atoms with Gasteiger partial charge in [-0.15, -0.1) is 0 Å². The monoisotopic (exact) mass is 964 g/mol. The van der Waals surface area contributed by atoms with Crippen molar-refractivity contribution in [3.63, 3.8) is 0 Å². The Kier molecular flexibility index (Phi) is 18.7. The second-order valence-corrected chi connectivity index (χ2v) is 12.9. The Morgan fingerprint density at radius 1 is 0.774 bits per heavy atom. The summed E-state index contributed by atoms with van der Waals surface area (Å²) in [5, 5.41) is 6.63. The number of ether oxygens (including phenoxy) is 2. The third-order valence-corrected chi connectivity index (χ3v) is 8.35. The Morgan fingerprint density at radius 2 is 1.21 bits per heavy atom. The fourth-order valence-corrected chi connectivity index (χ4v) is 5.20. The van der Waals surface area contributed by atoms with Gasteiger partial charge in [0.25, 0.3) is 11.1 Å². The van der Waals surface area contributed by atoms with Crippen LogP contribution >= 0.6 is 47.6 Å². The highest BCUT2D eigenvalue weighted by atomic mass is 35.5. The lowest BCUT2D eigenvalue weighted by molar-refractivity contribution is -0.144. The number of nitrogens with one attached hydrogen (secondary N) is 2. The van der Waals surface area contributed by atoms with Crippen molar-refractivity contribution in [3.05, 3.63) is 111 Å². The quantitative estimate of drug-likeness (QED) is 0.0681. The molecule has 16 nitrogen and oxygen atoms in total. The number of nitrogens with zero attached hydrogens (tertiary/aromatic N) is 5. The molecule has 0 bridgehead atoms. The lowest BCUT2D eigenvalue weighted by Gasteiger charge is -2.16. The number of benzene rings is 2. The molecular formula is C34H30Cl2F8N8O8S2. The van der Waals surface area contributed by atoms with Gasteiger partial charge in [-0.05, 0) is 62.5 Å². The molecule has 2 aromatic heterocycles. The summed E-state index contributed by atoms with van der Waals surface area (Å²) in [5.41, 5.74) is -4.43. The summed E-state index contributed by atoms with van der Waals surface area (Å²) in [6, 6.07) is 3.70. The highest BCUT2D eigenvalue weighted by Crippen LogP contribution is 2.30. The second kappa shape index (κ2) is 22.2. The summed E-state index contributed by atoms with van der Waals surface area (Å²) in [4.78, 5) is 73.5. The molecule has 0 saturated carbocycles. The molecule has 0 radical (unpaired) electrons. The van der Waals surface area contributed by atoms with Crippen LogP contribution in [0.2, 0.25) is 10.0 Å². The van der Waals surface area contributed by atoms with Gasteiger partial charge in [-0.2, -0.15) is 26.3 Å². The zero-order chi connectivity index (χ0) is 47.4. The number of hydrogen-bond acceptors (Lipinski definition) is 12. The number of carbonyl (C=O) groups excluding carboxylic acids is 2. The molecule has 0 fully saturated rings. The van der Waals surface area contributed by atoms with E-state index in [1.165, 1.54) is 0 Å². The highest BCUT2D eigenvalue weighted by molar-refractivity contribution is 7.80. The third kappa shape index (κ3) is 13.8. The fourth-order valence-electron chi connectivity index (χ4n) is 4.60. The molecule has 4 N–H and O–H groups in total. The molecule has 0 aliphatic heterocycles. The number of nitrogens with two attached hydrogens (primary N) is 1. The van der Waals surface area contributed by atoms with E-state index in [9.17, 15) is 63.9 Å². The summed E-state index contributed by atoms with van der Waals surface area (Å²) in [6.45, 7) is 3.58. The van der Waals surface area contributed by atoms with Gasteiger partial charge in [-0.3, -0.25) is 28.3 Å². The Balaban J connectivity index is 0.000000369. The molecule has 0 atom stereocenters. The van der Waals surface area contributed by atoms with Crippen molar-refractivity contribution in [2.45, 2.75) is 26.2 Å². The van der Waals surface area contributed by atoms with Crippen molar-refractivity contribution in [2.24, 2.45) is 19.1 Å². The molecule has 0 aliphatic rings. The number of alkyl halides is 6. The van der Waals surface area contributed by atoms with Crippen molar-refractivity contribution in [3.8, 4) is 11.4 Å². The number of nitrogen functional groups attached to an aromatic ring is 1. The van der Waals surface area contributed by atoms with Crippen LogP contribution in [-0.2, 0) is 45.5 Å². The van der Waals surface area contributed by atoms with Crippen molar-refractivity contribution in [1.82, 2.24) is 23.6 Å². The fraction of sp³-hybridized carbons (Fsp3) is 0.294. The minimum absolute atomic E-state index is 0.0165. The number of carbonyl (C=O) groups is 2. The van der Waals surface area contributed by atoms with Gasteiger partial charge in [-0.25, -0.2) is 32.5 Å². The number of hydrogen-bond donors (Lipinski definition) is 3. The molecule has 336 valence electrons. The lowest BCUT2D eigenvalue weighted by Crippen LogP contribution is -2.41. The first-order valence-corrected chi connectivity index (χ1v) is 18.2.